The van der Waals surface area contributed by atoms with E-state index in [0.29, 0.717) is 0 Å². The van der Waals surface area contributed by atoms with Crippen LogP contribution in [0.15, 0.2) is 0 Å². The van der Waals surface area contributed by atoms with Crippen LogP contribution in [0.5, 0.6) is 0 Å². The Morgan fingerprint density at radius 3 is 2.43 bits per heavy atom. The molecular formula is C9H17O4P-2. The first-order chi connectivity index (χ1) is 6.35. The van der Waals surface area contributed by atoms with Crippen molar-refractivity contribution in [1.82, 2.24) is 0 Å². The van der Waals surface area contributed by atoms with E-state index in [1.54, 1.807) is 0 Å². The zero-order chi connectivity index (χ0) is 11.2. The fraction of sp³-hybridized carbons (Fsp3) is 0.889. The maximum Gasteiger partial charge on any atom is 0.138 e. The van der Waals surface area contributed by atoms with Crippen LogP contribution in [0, 0.1) is 5.92 Å². The zero-order valence-corrected chi connectivity index (χ0v) is 9.59. The summed E-state index contributed by atoms with van der Waals surface area (Å²) in [6, 6.07) is 0. The van der Waals surface area contributed by atoms with Crippen LogP contribution in [0.25, 0.3) is 0 Å². The fourth-order valence-corrected chi connectivity index (χ4v) is 1.88. The minimum absolute atomic E-state index is 0.175. The lowest BCUT2D eigenvalue weighted by molar-refractivity contribution is -0.312. The van der Waals surface area contributed by atoms with Crippen LogP contribution < -0.4 is 9.79 Å². The highest BCUT2D eigenvalue weighted by Crippen LogP contribution is 2.24. The van der Waals surface area contributed by atoms with Crippen LogP contribution in [0.2, 0.25) is 0 Å². The predicted octanol–water partition coefficient (Wildman–Crippen LogP) is 0.686. The van der Waals surface area contributed by atoms with Gasteiger partial charge in [-0.2, -0.15) is 0 Å². The summed E-state index contributed by atoms with van der Waals surface area (Å²) in [7, 11) is -4.65. The van der Waals surface area contributed by atoms with Crippen molar-refractivity contribution in [2.75, 3.05) is 6.16 Å². The quantitative estimate of drug-likeness (QED) is 0.591. The first-order valence-corrected chi connectivity index (χ1v) is 6.60. The molecule has 0 saturated carbocycles. The molecule has 0 aliphatic heterocycles. The van der Waals surface area contributed by atoms with E-state index in [1.165, 1.54) is 0 Å². The van der Waals surface area contributed by atoms with E-state index in [2.05, 4.69) is 6.92 Å². The molecule has 14 heavy (non-hydrogen) atoms. The van der Waals surface area contributed by atoms with Gasteiger partial charge in [-0.05, 0) is 5.92 Å². The van der Waals surface area contributed by atoms with Crippen molar-refractivity contribution >= 4 is 13.4 Å². The second kappa shape index (κ2) is 6.33. The molecule has 0 aliphatic rings. The van der Waals surface area contributed by atoms with Gasteiger partial charge in [-0.1, -0.05) is 40.7 Å². The molecule has 0 unspecified atom stereocenters. The van der Waals surface area contributed by atoms with Gasteiger partial charge in [0.05, 0.1) is 0 Å². The maximum atomic E-state index is 11.1. The van der Waals surface area contributed by atoms with Gasteiger partial charge in [0.2, 0.25) is 0 Å². The van der Waals surface area contributed by atoms with Crippen molar-refractivity contribution < 1.29 is 19.1 Å². The molecule has 0 amide bonds. The van der Waals surface area contributed by atoms with Crippen LogP contribution in [0.4, 0.5) is 0 Å². The Morgan fingerprint density at radius 1 is 1.43 bits per heavy atom. The summed E-state index contributed by atoms with van der Waals surface area (Å²) in [4.78, 5) is 31.6. The van der Waals surface area contributed by atoms with Gasteiger partial charge in [0.1, 0.15) is 5.78 Å². The third-order valence-electron chi connectivity index (χ3n) is 2.00. The zero-order valence-electron chi connectivity index (χ0n) is 8.69. The molecule has 5 heteroatoms. The minimum atomic E-state index is -4.65. The van der Waals surface area contributed by atoms with Gasteiger partial charge in [-0.25, -0.2) is 0 Å². The lowest BCUT2D eigenvalue weighted by Gasteiger charge is -2.28. The topological polar surface area (TPSA) is 80.3 Å². The SMILES string of the molecule is CCCC[C@H](C)CC(=O)CP(=O)([O-])[O-]. The first kappa shape index (κ1) is 13.8. The molecule has 0 aliphatic carbocycles. The van der Waals surface area contributed by atoms with E-state index in [-0.39, 0.29) is 12.3 Å². The van der Waals surface area contributed by atoms with Gasteiger partial charge in [0, 0.05) is 12.6 Å². The molecule has 0 saturated heterocycles. The van der Waals surface area contributed by atoms with Gasteiger partial charge in [0.15, 0.2) is 0 Å². The van der Waals surface area contributed by atoms with E-state index in [0.717, 1.165) is 19.3 Å². The average molecular weight is 220 g/mol. The molecule has 0 heterocycles. The van der Waals surface area contributed by atoms with Gasteiger partial charge in [-0.3, -0.25) is 4.79 Å². The second-order valence-electron chi connectivity index (χ2n) is 3.76. The van der Waals surface area contributed by atoms with Crippen molar-refractivity contribution in [3.05, 3.63) is 0 Å². The number of unbranched alkanes of at least 4 members (excludes halogenated alkanes) is 1. The van der Waals surface area contributed by atoms with Gasteiger partial charge < -0.3 is 14.4 Å². The molecule has 0 spiro atoms. The lowest BCUT2D eigenvalue weighted by Crippen LogP contribution is -2.22. The average Bonchev–Trinajstić information content (AvgIpc) is 1.96. The summed E-state index contributed by atoms with van der Waals surface area (Å²) in [5.41, 5.74) is 0. The smallest absolute Gasteiger partial charge is 0.138 e. The molecule has 0 aromatic rings. The van der Waals surface area contributed by atoms with E-state index < -0.39 is 19.5 Å². The highest BCUT2D eigenvalue weighted by atomic mass is 31.2. The van der Waals surface area contributed by atoms with Crippen LogP contribution in [-0.2, 0) is 9.36 Å². The maximum absolute atomic E-state index is 11.1. The van der Waals surface area contributed by atoms with Gasteiger partial charge >= 0.3 is 0 Å². The summed E-state index contributed by atoms with van der Waals surface area (Å²) >= 11 is 0. The Morgan fingerprint density at radius 2 is 2.00 bits per heavy atom. The van der Waals surface area contributed by atoms with E-state index in [4.69, 9.17) is 0 Å². The van der Waals surface area contributed by atoms with E-state index >= 15 is 0 Å². The molecule has 1 atom stereocenters. The monoisotopic (exact) mass is 220 g/mol. The Hall–Kier alpha value is -0.180. The van der Waals surface area contributed by atoms with Crippen molar-refractivity contribution in [2.45, 2.75) is 39.5 Å². The number of rotatable bonds is 7. The Labute approximate surface area is 84.9 Å². The molecule has 0 rings (SSSR count). The van der Waals surface area contributed by atoms with Gasteiger partial charge in [0.25, 0.3) is 0 Å². The van der Waals surface area contributed by atoms with Crippen molar-refractivity contribution in [1.29, 1.82) is 0 Å². The van der Waals surface area contributed by atoms with Crippen LogP contribution in [0.3, 0.4) is 0 Å². The Balaban J connectivity index is 3.77. The van der Waals surface area contributed by atoms with Gasteiger partial charge in [-0.15, -0.1) is 0 Å². The number of hydrogen-bond donors (Lipinski definition) is 0. The third kappa shape index (κ3) is 8.42. The highest BCUT2D eigenvalue weighted by molar-refractivity contribution is 7.49. The summed E-state index contributed by atoms with van der Waals surface area (Å²) in [6.45, 7) is 3.95. The molecule has 0 fully saturated rings. The molecular weight excluding hydrogens is 203 g/mol. The standard InChI is InChI=1S/C9H19O4P/c1-3-4-5-8(2)6-9(10)7-14(11,12)13/h8H,3-7H2,1-2H3,(H2,11,12,13)/p-2/t8-/m0/s1. The molecule has 0 N–H and O–H groups in total. The number of ketones is 1. The van der Waals surface area contributed by atoms with Crippen LogP contribution in [0.1, 0.15) is 39.5 Å². The Bertz CT molecular complexity index is 221. The normalized spacial score (nSPS) is 14.0. The highest BCUT2D eigenvalue weighted by Gasteiger charge is 2.09. The molecule has 0 bridgehead atoms. The number of hydrogen-bond acceptors (Lipinski definition) is 4. The lowest BCUT2D eigenvalue weighted by atomic mass is 9.99. The fourth-order valence-electron chi connectivity index (χ4n) is 1.32. The van der Waals surface area contributed by atoms with E-state index in [9.17, 15) is 19.1 Å². The Kier molecular flexibility index (Phi) is 6.25. The minimum Gasteiger partial charge on any atom is -0.810 e. The van der Waals surface area contributed by atoms with Crippen molar-refractivity contribution in [3.8, 4) is 0 Å². The van der Waals surface area contributed by atoms with Crippen molar-refractivity contribution in [3.63, 3.8) is 0 Å². The number of Topliss-reactive ketones (excluding diaryl/α,β-unsaturated/α-hetero) is 1. The number of carbonyl (C=O) groups is 1. The van der Waals surface area contributed by atoms with Crippen LogP contribution >= 0.6 is 7.60 Å². The second-order valence-corrected chi connectivity index (χ2v) is 5.30. The molecule has 0 aromatic heterocycles. The molecule has 0 aromatic carbocycles. The van der Waals surface area contributed by atoms with E-state index in [1.807, 2.05) is 6.92 Å². The summed E-state index contributed by atoms with van der Waals surface area (Å²) in [6.07, 6.45) is 2.36. The summed E-state index contributed by atoms with van der Waals surface area (Å²) in [5, 5.41) is 0. The first-order valence-electron chi connectivity index (χ1n) is 4.88. The molecule has 84 valence electrons. The van der Waals surface area contributed by atoms with Crippen molar-refractivity contribution in [2.24, 2.45) is 5.92 Å². The number of carbonyl (C=O) groups excluding carboxylic acids is 1. The largest absolute Gasteiger partial charge is 0.810 e. The summed E-state index contributed by atoms with van der Waals surface area (Å²) in [5.74, 6) is -0.282. The molecule has 4 nitrogen and oxygen atoms in total. The van der Waals surface area contributed by atoms with Crippen LogP contribution in [-0.4, -0.2) is 11.9 Å². The summed E-state index contributed by atoms with van der Waals surface area (Å²) < 4.78 is 10.3. The third-order valence-corrected chi connectivity index (χ3v) is 2.74. The molecule has 0 radical (unpaired) electrons. The predicted molar refractivity (Wildman–Crippen MR) is 50.8 cm³/mol.